The molecule has 1 rings (SSSR count). The van der Waals surface area contributed by atoms with Crippen LogP contribution in [0.2, 0.25) is 0 Å². The van der Waals surface area contributed by atoms with Crippen molar-refractivity contribution in [2.45, 2.75) is 25.7 Å². The largest absolute Gasteiger partial charge is 0.349 e. The van der Waals surface area contributed by atoms with Crippen LogP contribution >= 0.6 is 0 Å². The number of hydrogen-bond acceptors (Lipinski definition) is 4. The van der Waals surface area contributed by atoms with Gasteiger partial charge in [-0.1, -0.05) is 0 Å². The van der Waals surface area contributed by atoms with Crippen LogP contribution in [0.5, 0.6) is 0 Å². The Labute approximate surface area is 86.6 Å². The maximum absolute atomic E-state index is 5.54. The normalized spacial score (nSPS) is 22.9. The smallest absolute Gasteiger partial charge is 0.162 e. The third-order valence-corrected chi connectivity index (χ3v) is 2.26. The second kappa shape index (κ2) is 5.07. The quantitative estimate of drug-likeness (QED) is 0.710. The first-order chi connectivity index (χ1) is 6.49. The first-order valence-electron chi connectivity index (χ1n) is 5.15. The highest BCUT2D eigenvalue weighted by Gasteiger charge is 2.27. The summed E-state index contributed by atoms with van der Waals surface area (Å²) in [6.07, 6.45) is 0. The molecular weight excluding hydrogens is 180 g/mol. The second-order valence-corrected chi connectivity index (χ2v) is 4.48. The lowest BCUT2D eigenvalue weighted by molar-refractivity contribution is -0.252. The highest BCUT2D eigenvalue weighted by Crippen LogP contribution is 2.16. The van der Waals surface area contributed by atoms with Crippen LogP contribution in [0.4, 0.5) is 0 Å². The van der Waals surface area contributed by atoms with Crippen LogP contribution in [0.15, 0.2) is 0 Å². The number of rotatable bonds is 4. The van der Waals surface area contributed by atoms with Gasteiger partial charge >= 0.3 is 0 Å². The number of hydrogen-bond donors (Lipinski definition) is 1. The van der Waals surface area contributed by atoms with Gasteiger partial charge in [-0.15, -0.1) is 0 Å². The Morgan fingerprint density at radius 2 is 1.86 bits per heavy atom. The molecule has 1 fully saturated rings. The molecule has 0 bridgehead atoms. The van der Waals surface area contributed by atoms with Crippen molar-refractivity contribution in [2.75, 3.05) is 40.4 Å². The van der Waals surface area contributed by atoms with Gasteiger partial charge in [-0.2, -0.15) is 0 Å². The molecule has 84 valence electrons. The van der Waals surface area contributed by atoms with Gasteiger partial charge in [0.1, 0.15) is 0 Å². The van der Waals surface area contributed by atoms with Crippen LogP contribution in [0, 0.1) is 0 Å². The summed E-state index contributed by atoms with van der Waals surface area (Å²) >= 11 is 0. The van der Waals surface area contributed by atoms with Gasteiger partial charge in [0.25, 0.3) is 0 Å². The minimum Gasteiger partial charge on any atom is -0.349 e. The lowest BCUT2D eigenvalue weighted by atomic mass is 10.2. The van der Waals surface area contributed by atoms with Crippen LogP contribution in [-0.2, 0) is 9.47 Å². The molecule has 1 saturated heterocycles. The minimum atomic E-state index is -0.403. The van der Waals surface area contributed by atoms with Gasteiger partial charge in [0.05, 0.1) is 19.3 Å². The molecule has 0 radical (unpaired) electrons. The molecule has 0 saturated carbocycles. The molecule has 1 aliphatic heterocycles. The summed E-state index contributed by atoms with van der Waals surface area (Å²) < 4.78 is 11.1. The molecule has 14 heavy (non-hydrogen) atoms. The number of nitrogens with zero attached hydrogens (tertiary/aromatic N) is 1. The Hall–Kier alpha value is -0.160. The minimum absolute atomic E-state index is 0.336. The third-order valence-electron chi connectivity index (χ3n) is 2.26. The van der Waals surface area contributed by atoms with E-state index in [1.165, 1.54) is 0 Å². The molecule has 1 N–H and O–H groups in total. The zero-order chi connectivity index (χ0) is 10.6. The maximum atomic E-state index is 5.54. The predicted octanol–water partition coefficient (Wildman–Crippen LogP) is 0.289. The molecule has 1 heterocycles. The van der Waals surface area contributed by atoms with Crippen molar-refractivity contribution in [1.82, 2.24) is 10.2 Å². The van der Waals surface area contributed by atoms with Crippen molar-refractivity contribution >= 4 is 0 Å². The van der Waals surface area contributed by atoms with Crippen molar-refractivity contribution in [3.8, 4) is 0 Å². The molecule has 0 aromatic heterocycles. The van der Waals surface area contributed by atoms with Crippen LogP contribution in [0.1, 0.15) is 13.8 Å². The van der Waals surface area contributed by atoms with E-state index in [0.717, 1.165) is 26.3 Å². The van der Waals surface area contributed by atoms with E-state index >= 15 is 0 Å². The highest BCUT2D eigenvalue weighted by molar-refractivity contribution is 4.73. The van der Waals surface area contributed by atoms with E-state index < -0.39 is 5.79 Å². The molecule has 0 aliphatic carbocycles. The van der Waals surface area contributed by atoms with Gasteiger partial charge in [0.15, 0.2) is 5.79 Å². The van der Waals surface area contributed by atoms with Crippen molar-refractivity contribution in [3.63, 3.8) is 0 Å². The predicted molar refractivity (Wildman–Crippen MR) is 56.3 cm³/mol. The molecule has 1 aliphatic rings. The number of ether oxygens (including phenoxy) is 2. The highest BCUT2D eigenvalue weighted by atomic mass is 16.7. The monoisotopic (exact) mass is 202 g/mol. The Kier molecular flexibility index (Phi) is 4.31. The molecule has 0 spiro atoms. The molecule has 0 aromatic rings. The molecule has 4 heteroatoms. The summed E-state index contributed by atoms with van der Waals surface area (Å²) in [5.74, 6) is -0.403. The summed E-state index contributed by atoms with van der Waals surface area (Å²) in [7, 11) is 4.14. The Bertz CT molecular complexity index is 162. The van der Waals surface area contributed by atoms with Gasteiger partial charge in [0, 0.05) is 13.1 Å². The zero-order valence-corrected chi connectivity index (χ0v) is 9.67. The van der Waals surface area contributed by atoms with Gasteiger partial charge in [0.2, 0.25) is 0 Å². The van der Waals surface area contributed by atoms with Gasteiger partial charge in [-0.05, 0) is 27.9 Å². The van der Waals surface area contributed by atoms with Gasteiger partial charge in [-0.25, -0.2) is 0 Å². The Morgan fingerprint density at radius 3 is 2.36 bits per heavy atom. The lowest BCUT2D eigenvalue weighted by Gasteiger charge is -2.35. The molecular formula is C10H22N2O2. The summed E-state index contributed by atoms with van der Waals surface area (Å²) in [4.78, 5) is 2.15. The van der Waals surface area contributed by atoms with Crippen LogP contribution < -0.4 is 5.32 Å². The zero-order valence-electron chi connectivity index (χ0n) is 9.67. The number of nitrogens with one attached hydrogen (secondary N) is 1. The van der Waals surface area contributed by atoms with E-state index in [9.17, 15) is 0 Å². The van der Waals surface area contributed by atoms with Crippen LogP contribution in [0.25, 0.3) is 0 Å². The Morgan fingerprint density at radius 1 is 1.29 bits per heavy atom. The van der Waals surface area contributed by atoms with Crippen molar-refractivity contribution in [3.05, 3.63) is 0 Å². The Balaban J connectivity index is 2.10. The third kappa shape index (κ3) is 4.37. The molecule has 0 aromatic carbocycles. The maximum Gasteiger partial charge on any atom is 0.162 e. The standard InChI is InChI=1S/C10H22N2O2/c1-10(2)13-7-9(8-14-10)11-5-6-12(3)4/h9,11H,5-8H2,1-4H3. The van der Waals surface area contributed by atoms with Gasteiger partial charge in [-0.3, -0.25) is 0 Å². The van der Waals surface area contributed by atoms with Crippen molar-refractivity contribution in [1.29, 1.82) is 0 Å². The molecule has 0 atom stereocenters. The van der Waals surface area contributed by atoms with E-state index in [0.29, 0.717) is 6.04 Å². The van der Waals surface area contributed by atoms with Crippen LogP contribution in [-0.4, -0.2) is 57.1 Å². The van der Waals surface area contributed by atoms with E-state index in [4.69, 9.17) is 9.47 Å². The number of likely N-dealkylation sites (N-methyl/N-ethyl adjacent to an activating group) is 1. The van der Waals surface area contributed by atoms with E-state index in [-0.39, 0.29) is 0 Å². The summed E-state index contributed by atoms with van der Waals surface area (Å²) in [5.41, 5.74) is 0. The average Bonchev–Trinajstić information content (AvgIpc) is 2.07. The molecule has 4 nitrogen and oxygen atoms in total. The fourth-order valence-electron chi connectivity index (χ4n) is 1.30. The first kappa shape index (κ1) is 11.9. The molecule has 0 unspecified atom stereocenters. The second-order valence-electron chi connectivity index (χ2n) is 4.48. The molecule has 0 amide bonds. The van der Waals surface area contributed by atoms with E-state index in [1.54, 1.807) is 0 Å². The lowest BCUT2D eigenvalue weighted by Crippen LogP contribution is -2.49. The van der Waals surface area contributed by atoms with E-state index in [2.05, 4.69) is 24.3 Å². The first-order valence-corrected chi connectivity index (χ1v) is 5.15. The van der Waals surface area contributed by atoms with E-state index in [1.807, 2.05) is 13.8 Å². The fraction of sp³-hybridized carbons (Fsp3) is 1.00. The average molecular weight is 202 g/mol. The van der Waals surface area contributed by atoms with Crippen molar-refractivity contribution in [2.24, 2.45) is 0 Å². The summed E-state index contributed by atoms with van der Waals surface area (Å²) in [5, 5.41) is 3.40. The summed E-state index contributed by atoms with van der Waals surface area (Å²) in [6.45, 7) is 7.39. The van der Waals surface area contributed by atoms with Gasteiger partial charge < -0.3 is 19.7 Å². The topological polar surface area (TPSA) is 33.7 Å². The fourth-order valence-corrected chi connectivity index (χ4v) is 1.30. The SMILES string of the molecule is CN(C)CCNC1COC(C)(C)OC1. The van der Waals surface area contributed by atoms with Crippen LogP contribution in [0.3, 0.4) is 0 Å². The van der Waals surface area contributed by atoms with Crippen molar-refractivity contribution < 1.29 is 9.47 Å². The summed E-state index contributed by atoms with van der Waals surface area (Å²) in [6, 6.07) is 0.336.